The van der Waals surface area contributed by atoms with E-state index in [4.69, 9.17) is 14.2 Å². The summed E-state index contributed by atoms with van der Waals surface area (Å²) < 4.78 is 17.1. The molecular weight excluding hydrogens is 318 g/mol. The maximum Gasteiger partial charge on any atom is 0.251 e. The number of amides is 1. The summed E-state index contributed by atoms with van der Waals surface area (Å²) in [6, 6.07) is 7.83. The fourth-order valence-electron chi connectivity index (χ4n) is 3.76. The predicted molar refractivity (Wildman–Crippen MR) is 94.1 cm³/mol. The van der Waals surface area contributed by atoms with Gasteiger partial charge in [0.25, 0.3) is 5.91 Å². The Kier molecular flexibility index (Phi) is 4.59. The highest BCUT2D eigenvalue weighted by Gasteiger charge is 2.39. The van der Waals surface area contributed by atoms with Crippen LogP contribution in [-0.4, -0.2) is 37.4 Å². The molecule has 1 aromatic carbocycles. The van der Waals surface area contributed by atoms with E-state index in [-0.39, 0.29) is 17.6 Å². The molecule has 2 saturated heterocycles. The number of hydrogen-bond donors (Lipinski definition) is 1. The first-order chi connectivity index (χ1) is 12.2. The lowest BCUT2D eigenvalue weighted by molar-refractivity contribution is -0.143. The van der Waals surface area contributed by atoms with Crippen LogP contribution in [0.15, 0.2) is 42.2 Å². The summed E-state index contributed by atoms with van der Waals surface area (Å²) in [6.07, 6.45) is 8.68. The molecule has 0 bridgehead atoms. The molecule has 3 aliphatic heterocycles. The molecule has 5 nitrogen and oxygen atoms in total. The van der Waals surface area contributed by atoms with E-state index in [1.807, 2.05) is 30.3 Å². The van der Waals surface area contributed by atoms with Gasteiger partial charge in [0, 0.05) is 37.0 Å². The van der Waals surface area contributed by atoms with Crippen LogP contribution in [0.3, 0.4) is 0 Å². The molecule has 1 N–H and O–H groups in total. The minimum Gasteiger partial charge on any atom is -0.464 e. The van der Waals surface area contributed by atoms with Crippen LogP contribution < -0.4 is 10.1 Å². The van der Waals surface area contributed by atoms with Gasteiger partial charge in [-0.15, -0.1) is 0 Å². The van der Waals surface area contributed by atoms with E-state index < -0.39 is 0 Å². The second kappa shape index (κ2) is 7.02. The molecular formula is C20H23NO4. The van der Waals surface area contributed by atoms with Crippen molar-refractivity contribution in [2.45, 2.75) is 37.3 Å². The Balaban J connectivity index is 1.46. The highest BCUT2D eigenvalue weighted by molar-refractivity contribution is 6.01. The fourth-order valence-corrected chi connectivity index (χ4v) is 3.76. The van der Waals surface area contributed by atoms with Gasteiger partial charge in [0.1, 0.15) is 5.75 Å². The Hall–Kier alpha value is -2.11. The Morgan fingerprint density at radius 3 is 2.88 bits per heavy atom. The lowest BCUT2D eigenvalue weighted by Gasteiger charge is -2.43. The van der Waals surface area contributed by atoms with Crippen LogP contribution in [0.5, 0.6) is 5.75 Å². The smallest absolute Gasteiger partial charge is 0.251 e. The van der Waals surface area contributed by atoms with E-state index in [1.165, 1.54) is 0 Å². The van der Waals surface area contributed by atoms with E-state index in [0.717, 1.165) is 50.2 Å². The van der Waals surface area contributed by atoms with E-state index in [0.29, 0.717) is 12.2 Å². The Labute approximate surface area is 147 Å². The fraction of sp³-hybridized carbons (Fsp3) is 0.450. The number of carbonyl (C=O) groups excluding carboxylic acids is 1. The molecule has 0 radical (unpaired) electrons. The Bertz CT molecular complexity index is 698. The van der Waals surface area contributed by atoms with Gasteiger partial charge in [-0.3, -0.25) is 4.79 Å². The molecule has 3 aliphatic rings. The Morgan fingerprint density at radius 2 is 2.00 bits per heavy atom. The molecule has 0 aromatic heterocycles. The number of para-hydroxylation sites is 1. The molecule has 132 valence electrons. The summed E-state index contributed by atoms with van der Waals surface area (Å²) >= 11 is 0. The number of hydrogen-bond acceptors (Lipinski definition) is 4. The second-order valence-electron chi connectivity index (χ2n) is 6.87. The van der Waals surface area contributed by atoms with Gasteiger partial charge in [0.2, 0.25) is 0 Å². The van der Waals surface area contributed by atoms with Gasteiger partial charge in [-0.05, 0) is 43.9 Å². The van der Waals surface area contributed by atoms with Crippen LogP contribution in [0.2, 0.25) is 0 Å². The molecule has 1 spiro atoms. The summed E-state index contributed by atoms with van der Waals surface area (Å²) in [7, 11) is 0. The second-order valence-corrected chi connectivity index (χ2v) is 6.87. The van der Waals surface area contributed by atoms with Crippen LogP contribution in [0.25, 0.3) is 6.08 Å². The average molecular weight is 341 g/mol. The summed E-state index contributed by atoms with van der Waals surface area (Å²) in [5.41, 5.74) is 1.39. The van der Waals surface area contributed by atoms with Gasteiger partial charge >= 0.3 is 0 Å². The molecule has 1 aromatic rings. The number of nitrogens with one attached hydrogen (secondary N) is 1. The zero-order valence-electron chi connectivity index (χ0n) is 14.2. The van der Waals surface area contributed by atoms with Gasteiger partial charge in [0.15, 0.2) is 0 Å². The zero-order chi connectivity index (χ0) is 17.1. The molecule has 1 unspecified atom stereocenters. The highest BCUT2D eigenvalue weighted by Crippen LogP contribution is 2.34. The van der Waals surface area contributed by atoms with Crippen LogP contribution in [0, 0.1) is 0 Å². The van der Waals surface area contributed by atoms with Crippen molar-refractivity contribution in [3.05, 3.63) is 47.7 Å². The van der Waals surface area contributed by atoms with Gasteiger partial charge in [-0.2, -0.15) is 0 Å². The largest absolute Gasteiger partial charge is 0.464 e. The quantitative estimate of drug-likeness (QED) is 0.899. The molecule has 3 heterocycles. The molecule has 2 fully saturated rings. The van der Waals surface area contributed by atoms with Crippen LogP contribution in [0.1, 0.15) is 31.2 Å². The maximum absolute atomic E-state index is 12.7. The van der Waals surface area contributed by atoms with Crippen LogP contribution in [-0.2, 0) is 14.3 Å². The first kappa shape index (κ1) is 16.4. The van der Waals surface area contributed by atoms with Crippen molar-refractivity contribution in [1.29, 1.82) is 0 Å². The Morgan fingerprint density at radius 1 is 1.16 bits per heavy atom. The van der Waals surface area contributed by atoms with Crippen molar-refractivity contribution in [1.82, 2.24) is 5.32 Å². The standard InChI is InChI=1S/C20H23NO4/c22-19(16-5-9-24-18-4-2-1-3-15(18)13-16)21-17-6-10-25-20(14-17)7-11-23-12-8-20/h1-5,9,13,17H,6-8,10-12,14H2,(H,21,22). The van der Waals surface area contributed by atoms with Crippen LogP contribution in [0.4, 0.5) is 0 Å². The lowest BCUT2D eigenvalue weighted by Crippen LogP contribution is -2.51. The molecule has 25 heavy (non-hydrogen) atoms. The molecule has 0 aliphatic carbocycles. The molecule has 0 saturated carbocycles. The van der Waals surface area contributed by atoms with Gasteiger partial charge in [-0.1, -0.05) is 18.2 Å². The normalized spacial score (nSPS) is 24.6. The third-order valence-electron chi connectivity index (χ3n) is 5.17. The molecule has 5 heteroatoms. The minimum absolute atomic E-state index is 0.0642. The monoisotopic (exact) mass is 341 g/mol. The van der Waals surface area contributed by atoms with Gasteiger partial charge < -0.3 is 19.5 Å². The van der Waals surface area contributed by atoms with Gasteiger partial charge in [-0.25, -0.2) is 0 Å². The van der Waals surface area contributed by atoms with Crippen molar-refractivity contribution < 1.29 is 19.0 Å². The number of rotatable bonds is 2. The van der Waals surface area contributed by atoms with E-state index in [1.54, 1.807) is 12.3 Å². The van der Waals surface area contributed by atoms with Crippen molar-refractivity contribution >= 4 is 12.0 Å². The topological polar surface area (TPSA) is 56.8 Å². The SMILES string of the molecule is O=C(NC1CCOC2(CCOCC2)C1)C1=Cc2ccccc2OC=C1. The van der Waals surface area contributed by atoms with E-state index >= 15 is 0 Å². The third kappa shape index (κ3) is 3.62. The molecule has 1 atom stereocenters. The van der Waals surface area contributed by atoms with Crippen LogP contribution >= 0.6 is 0 Å². The van der Waals surface area contributed by atoms with E-state index in [9.17, 15) is 4.79 Å². The highest BCUT2D eigenvalue weighted by atomic mass is 16.5. The first-order valence-corrected chi connectivity index (χ1v) is 8.91. The van der Waals surface area contributed by atoms with Crippen molar-refractivity contribution in [3.8, 4) is 5.75 Å². The van der Waals surface area contributed by atoms with E-state index in [2.05, 4.69) is 5.32 Å². The number of fused-ring (bicyclic) bond motifs is 1. The average Bonchev–Trinajstić information content (AvgIpc) is 2.85. The summed E-state index contributed by atoms with van der Waals surface area (Å²) in [4.78, 5) is 12.7. The third-order valence-corrected chi connectivity index (χ3v) is 5.17. The summed E-state index contributed by atoms with van der Waals surface area (Å²) in [5.74, 6) is 0.694. The number of ether oxygens (including phenoxy) is 3. The summed E-state index contributed by atoms with van der Waals surface area (Å²) in [5, 5.41) is 3.18. The van der Waals surface area contributed by atoms with Gasteiger partial charge in [0.05, 0.1) is 11.9 Å². The van der Waals surface area contributed by atoms with Crippen molar-refractivity contribution in [2.75, 3.05) is 19.8 Å². The van der Waals surface area contributed by atoms with Crippen molar-refractivity contribution in [2.24, 2.45) is 0 Å². The predicted octanol–water partition coefficient (Wildman–Crippen LogP) is 2.82. The van der Waals surface area contributed by atoms with Crippen molar-refractivity contribution in [3.63, 3.8) is 0 Å². The first-order valence-electron chi connectivity index (χ1n) is 8.91. The minimum atomic E-state index is -0.127. The summed E-state index contributed by atoms with van der Waals surface area (Å²) in [6.45, 7) is 2.16. The zero-order valence-corrected chi connectivity index (χ0v) is 14.2. The maximum atomic E-state index is 12.7. The number of benzene rings is 1. The number of carbonyl (C=O) groups is 1. The molecule has 1 amide bonds. The lowest BCUT2D eigenvalue weighted by atomic mass is 9.84. The molecule has 4 rings (SSSR count).